The van der Waals surface area contributed by atoms with Crippen LogP contribution in [0.25, 0.3) is 10.2 Å². The first-order chi connectivity index (χ1) is 18.9. The molecular formula is C29H26N4O4S2. The highest BCUT2D eigenvalue weighted by atomic mass is 32.2. The first-order valence-corrected chi connectivity index (χ1v) is 14.5. The van der Waals surface area contributed by atoms with Gasteiger partial charge < -0.3 is 4.74 Å². The zero-order valence-corrected chi connectivity index (χ0v) is 23.0. The third kappa shape index (κ3) is 5.62. The lowest BCUT2D eigenvalue weighted by atomic mass is 10.2. The van der Waals surface area contributed by atoms with Crippen LogP contribution >= 0.6 is 11.3 Å². The highest BCUT2D eigenvalue weighted by molar-refractivity contribution is 7.92. The van der Waals surface area contributed by atoms with E-state index in [9.17, 15) is 13.2 Å². The number of nitrogens with zero attached hydrogens (tertiary/aromatic N) is 4. The van der Waals surface area contributed by atoms with Gasteiger partial charge in [-0.1, -0.05) is 35.6 Å². The molecule has 5 aromatic rings. The molecule has 2 aromatic heterocycles. The molecule has 0 N–H and O–H groups in total. The van der Waals surface area contributed by atoms with E-state index in [4.69, 9.17) is 9.72 Å². The predicted octanol–water partition coefficient (Wildman–Crippen LogP) is 5.76. The van der Waals surface area contributed by atoms with E-state index in [2.05, 4.69) is 4.98 Å². The van der Waals surface area contributed by atoms with Crippen LogP contribution in [0.3, 0.4) is 0 Å². The molecule has 0 radical (unpaired) electrons. The maximum absolute atomic E-state index is 13.8. The molecule has 1 amide bonds. The third-order valence-electron chi connectivity index (χ3n) is 6.08. The Morgan fingerprint density at radius 1 is 0.974 bits per heavy atom. The summed E-state index contributed by atoms with van der Waals surface area (Å²) in [5.74, 6) is 0.436. The Hall–Kier alpha value is -4.28. The highest BCUT2D eigenvalue weighted by Gasteiger charge is 2.25. The van der Waals surface area contributed by atoms with Crippen LogP contribution in [0.5, 0.6) is 5.75 Å². The van der Waals surface area contributed by atoms with Gasteiger partial charge in [-0.15, -0.1) is 0 Å². The quantitative estimate of drug-likeness (QED) is 0.228. The molecule has 2 heterocycles. The van der Waals surface area contributed by atoms with Gasteiger partial charge in [-0.3, -0.25) is 19.0 Å². The average molecular weight is 559 g/mol. The molecule has 10 heteroatoms. The van der Waals surface area contributed by atoms with E-state index in [-0.39, 0.29) is 17.3 Å². The fourth-order valence-corrected chi connectivity index (χ4v) is 6.21. The SMILES string of the molecule is CCOc1ccc2nc(N(Cc3cccnc3)C(=O)c3ccc(S(=O)(=O)N(C)c4ccccc4)cc3)sc2c1. The minimum atomic E-state index is -3.80. The number of hydrogen-bond donors (Lipinski definition) is 0. The largest absolute Gasteiger partial charge is 0.494 e. The normalized spacial score (nSPS) is 11.3. The standard InChI is InChI=1S/C29H26N4O4S2/c1-3-37-24-13-16-26-27(18-24)38-29(31-26)33(20-21-8-7-17-30-19-21)28(34)22-11-14-25(15-12-22)39(35,36)32(2)23-9-5-4-6-10-23/h4-19H,3,20H2,1-2H3. The van der Waals surface area contributed by atoms with E-state index in [0.717, 1.165) is 21.5 Å². The summed E-state index contributed by atoms with van der Waals surface area (Å²) in [6.07, 6.45) is 3.38. The zero-order valence-electron chi connectivity index (χ0n) is 21.4. The number of pyridine rings is 1. The topological polar surface area (TPSA) is 92.7 Å². The van der Waals surface area contributed by atoms with E-state index in [1.165, 1.54) is 47.0 Å². The summed E-state index contributed by atoms with van der Waals surface area (Å²) >= 11 is 1.39. The summed E-state index contributed by atoms with van der Waals surface area (Å²) in [5, 5.41) is 0.521. The molecule has 0 fully saturated rings. The predicted molar refractivity (Wildman–Crippen MR) is 154 cm³/mol. The monoisotopic (exact) mass is 558 g/mol. The summed E-state index contributed by atoms with van der Waals surface area (Å²) in [6, 6.07) is 24.1. The van der Waals surface area contributed by atoms with Gasteiger partial charge in [0.1, 0.15) is 5.75 Å². The van der Waals surface area contributed by atoms with Gasteiger partial charge in [0.25, 0.3) is 15.9 Å². The molecule has 0 spiro atoms. The Labute approximate surface area is 231 Å². The van der Waals surface area contributed by atoms with Crippen molar-refractivity contribution in [2.45, 2.75) is 18.4 Å². The average Bonchev–Trinajstić information content (AvgIpc) is 3.39. The van der Waals surface area contributed by atoms with Gasteiger partial charge in [0.2, 0.25) is 0 Å². The second kappa shape index (κ2) is 11.2. The maximum atomic E-state index is 13.8. The molecule has 0 unspecified atom stereocenters. The Kier molecular flexibility index (Phi) is 7.58. The Bertz CT molecular complexity index is 1690. The van der Waals surface area contributed by atoms with Gasteiger partial charge in [-0.05, 0) is 73.2 Å². The van der Waals surface area contributed by atoms with Crippen LogP contribution in [-0.2, 0) is 16.6 Å². The number of rotatable bonds is 9. The van der Waals surface area contributed by atoms with E-state index < -0.39 is 10.0 Å². The fraction of sp³-hybridized carbons (Fsp3) is 0.138. The molecule has 0 aliphatic heterocycles. The molecule has 3 aromatic carbocycles. The van der Waals surface area contributed by atoms with Crippen molar-refractivity contribution in [1.29, 1.82) is 0 Å². The van der Waals surface area contributed by atoms with Crippen LogP contribution in [0.15, 0.2) is 102 Å². The first kappa shape index (κ1) is 26.3. The van der Waals surface area contributed by atoms with Crippen molar-refractivity contribution in [3.05, 3.63) is 108 Å². The van der Waals surface area contributed by atoms with Gasteiger partial charge in [-0.2, -0.15) is 0 Å². The number of ether oxygens (including phenoxy) is 1. The summed E-state index contributed by atoms with van der Waals surface area (Å²) < 4.78 is 34.1. The van der Waals surface area contributed by atoms with Crippen molar-refractivity contribution < 1.29 is 17.9 Å². The van der Waals surface area contributed by atoms with Gasteiger partial charge in [-0.25, -0.2) is 13.4 Å². The van der Waals surface area contributed by atoms with Crippen molar-refractivity contribution in [2.75, 3.05) is 22.9 Å². The van der Waals surface area contributed by atoms with Gasteiger partial charge in [0, 0.05) is 25.0 Å². The van der Waals surface area contributed by atoms with Crippen LogP contribution in [-0.4, -0.2) is 37.9 Å². The number of benzene rings is 3. The van der Waals surface area contributed by atoms with Gasteiger partial charge >= 0.3 is 0 Å². The zero-order chi connectivity index (χ0) is 27.4. The Morgan fingerprint density at radius 2 is 1.74 bits per heavy atom. The molecule has 39 heavy (non-hydrogen) atoms. The van der Waals surface area contributed by atoms with Gasteiger partial charge in [0.05, 0.1) is 34.0 Å². The molecule has 0 atom stereocenters. The smallest absolute Gasteiger partial charge is 0.264 e. The first-order valence-electron chi connectivity index (χ1n) is 12.2. The van der Waals surface area contributed by atoms with Crippen molar-refractivity contribution in [3.63, 3.8) is 0 Å². The Balaban J connectivity index is 1.47. The number of sulfonamides is 1. The second-order valence-electron chi connectivity index (χ2n) is 8.64. The summed E-state index contributed by atoms with van der Waals surface area (Å²) in [6.45, 7) is 2.73. The molecular weight excluding hydrogens is 532 g/mol. The lowest BCUT2D eigenvalue weighted by Crippen LogP contribution is -2.30. The molecule has 8 nitrogen and oxygen atoms in total. The number of carbonyl (C=O) groups excluding carboxylic acids is 1. The molecule has 5 rings (SSSR count). The molecule has 0 bridgehead atoms. The van der Waals surface area contributed by atoms with Crippen LogP contribution < -0.4 is 13.9 Å². The highest BCUT2D eigenvalue weighted by Crippen LogP contribution is 2.33. The van der Waals surface area contributed by atoms with Crippen molar-refractivity contribution in [1.82, 2.24) is 9.97 Å². The van der Waals surface area contributed by atoms with E-state index in [1.807, 2.05) is 43.3 Å². The number of fused-ring (bicyclic) bond motifs is 1. The summed E-state index contributed by atoms with van der Waals surface area (Å²) in [4.78, 5) is 24.4. The number of thiazole rings is 1. The lowest BCUT2D eigenvalue weighted by Gasteiger charge is -2.21. The van der Waals surface area contributed by atoms with Crippen molar-refractivity contribution in [3.8, 4) is 5.75 Å². The molecule has 0 aliphatic carbocycles. The maximum Gasteiger partial charge on any atom is 0.264 e. The van der Waals surface area contributed by atoms with Crippen LogP contribution in [0.4, 0.5) is 10.8 Å². The summed E-state index contributed by atoms with van der Waals surface area (Å²) in [5.41, 5.74) is 2.48. The van der Waals surface area contributed by atoms with Crippen molar-refractivity contribution in [2.24, 2.45) is 0 Å². The number of para-hydroxylation sites is 1. The van der Waals surface area contributed by atoms with Crippen LogP contribution in [0.2, 0.25) is 0 Å². The number of amides is 1. The minimum Gasteiger partial charge on any atom is -0.494 e. The van der Waals surface area contributed by atoms with Crippen LogP contribution in [0.1, 0.15) is 22.8 Å². The van der Waals surface area contributed by atoms with Gasteiger partial charge in [0.15, 0.2) is 5.13 Å². The van der Waals surface area contributed by atoms with E-state index in [0.29, 0.717) is 23.0 Å². The molecule has 0 saturated heterocycles. The van der Waals surface area contributed by atoms with E-state index in [1.54, 1.807) is 41.6 Å². The summed E-state index contributed by atoms with van der Waals surface area (Å²) in [7, 11) is -2.30. The van der Waals surface area contributed by atoms with Crippen LogP contribution in [0, 0.1) is 0 Å². The second-order valence-corrected chi connectivity index (χ2v) is 11.6. The molecule has 198 valence electrons. The number of anilines is 2. The lowest BCUT2D eigenvalue weighted by molar-refractivity contribution is 0.0985. The number of carbonyl (C=O) groups is 1. The minimum absolute atomic E-state index is 0.0904. The number of aromatic nitrogens is 2. The third-order valence-corrected chi connectivity index (χ3v) is 8.92. The fourth-order valence-electron chi connectivity index (χ4n) is 4.03. The number of hydrogen-bond acceptors (Lipinski definition) is 7. The molecule has 0 aliphatic rings. The van der Waals surface area contributed by atoms with Crippen molar-refractivity contribution >= 4 is 48.3 Å². The van der Waals surface area contributed by atoms with E-state index >= 15 is 0 Å². The molecule has 0 saturated carbocycles. The Morgan fingerprint density at radius 3 is 2.44 bits per heavy atom.